The van der Waals surface area contributed by atoms with E-state index in [9.17, 15) is 23.3 Å². The van der Waals surface area contributed by atoms with Crippen molar-refractivity contribution in [2.24, 2.45) is 11.3 Å². The van der Waals surface area contributed by atoms with Crippen molar-refractivity contribution in [1.82, 2.24) is 19.6 Å². The maximum absolute atomic E-state index is 14.4. The zero-order chi connectivity index (χ0) is 45.8. The molecule has 0 unspecified atom stereocenters. The molecule has 66 heavy (non-hydrogen) atoms. The minimum Gasteiger partial charge on any atom is -0.474 e. The number of pyridine rings is 1. The Kier molecular flexibility index (Phi) is 11.7. The third-order valence-electron chi connectivity index (χ3n) is 14.3. The number of piperazine rings is 1. The van der Waals surface area contributed by atoms with Crippen molar-refractivity contribution in [2.45, 2.75) is 69.2 Å². The Morgan fingerprint density at radius 2 is 1.71 bits per heavy atom. The first-order valence-electron chi connectivity index (χ1n) is 22.9. The van der Waals surface area contributed by atoms with E-state index in [-0.39, 0.29) is 39.4 Å². The van der Waals surface area contributed by atoms with Gasteiger partial charge in [-0.15, -0.1) is 0 Å². The number of nitrogens with one attached hydrogen (secondary N) is 3. The van der Waals surface area contributed by atoms with Crippen molar-refractivity contribution in [3.05, 3.63) is 111 Å². The largest absolute Gasteiger partial charge is 0.474 e. The number of carbonyl (C=O) groups is 1. The number of nitro groups is 1. The highest BCUT2D eigenvalue weighted by Crippen LogP contribution is 2.50. The van der Waals surface area contributed by atoms with Crippen LogP contribution in [0.25, 0.3) is 16.6 Å². The molecule has 2 aromatic heterocycles. The molecule has 5 aliphatic rings. The van der Waals surface area contributed by atoms with E-state index in [0.717, 1.165) is 99.8 Å². The number of ether oxygens (including phenoxy) is 2. The highest BCUT2D eigenvalue weighted by atomic mass is 35.5. The number of aromatic nitrogens is 2. The van der Waals surface area contributed by atoms with Crippen molar-refractivity contribution in [3.8, 4) is 5.88 Å². The van der Waals surface area contributed by atoms with Gasteiger partial charge in [-0.25, -0.2) is 13.1 Å². The zero-order valence-electron chi connectivity index (χ0n) is 37.3. The minimum absolute atomic E-state index is 0.116. The average Bonchev–Trinajstić information content (AvgIpc) is 3.95. The standard InChI is InChI=1S/C49H55ClN8O7S/c1-48(2)15-11-34(40(30-48)32-3-5-36(50)6-4-32)31-55-19-21-56(22-20-55)37-7-9-39(42(28-37)57-23-26-65-47-44(57)27-33-12-18-51-45(33)52-47)46(59)54-66(62,63)38-8-10-41(43(29-38)58(60)61)53-49(16-17-49)35-13-24-64-25-14-35/h3-10,12,18,27-29,35,53H,11,13-17,19-26,30-31H2,1-2H3,(H,51,52)(H,54,59). The predicted octanol–water partition coefficient (Wildman–Crippen LogP) is 8.93. The van der Waals surface area contributed by atoms with Crippen LogP contribution in [0.3, 0.4) is 0 Å². The summed E-state index contributed by atoms with van der Waals surface area (Å²) in [5, 5.41) is 17.4. The highest BCUT2D eigenvalue weighted by Gasteiger charge is 2.50. The lowest BCUT2D eigenvalue weighted by atomic mass is 9.72. The van der Waals surface area contributed by atoms with Gasteiger partial charge in [-0.3, -0.25) is 19.8 Å². The van der Waals surface area contributed by atoms with Crippen LogP contribution in [0.5, 0.6) is 5.88 Å². The second-order valence-corrected chi connectivity index (χ2v) is 21.3. The normalized spacial score (nSPS) is 19.9. The number of benzene rings is 3. The smallest absolute Gasteiger partial charge is 0.293 e. The molecule has 3 N–H and O–H groups in total. The molecule has 0 spiro atoms. The Balaban J connectivity index is 0.915. The summed E-state index contributed by atoms with van der Waals surface area (Å²) in [6.07, 6.45) is 8.45. The number of nitrogens with zero attached hydrogens (tertiary/aromatic N) is 5. The Morgan fingerprint density at radius 1 is 0.939 bits per heavy atom. The number of sulfonamides is 1. The fourth-order valence-electron chi connectivity index (χ4n) is 10.3. The van der Waals surface area contributed by atoms with Crippen molar-refractivity contribution in [2.75, 3.05) is 74.2 Å². The third-order valence-corrected chi connectivity index (χ3v) is 15.8. The Labute approximate surface area is 389 Å². The lowest BCUT2D eigenvalue weighted by Gasteiger charge is -2.39. The van der Waals surface area contributed by atoms with Gasteiger partial charge in [0.25, 0.3) is 21.6 Å². The SMILES string of the molecule is CC1(C)CCC(CN2CCN(c3ccc(C(=O)NS(=O)(=O)c4ccc(NC5(C6CCOCC6)CC5)c([N+](=O)[O-])c4)c(N4CCOc5nc6[nH]ccc6cc54)c3)CC2)=C(c2ccc(Cl)cc2)C1. The molecule has 346 valence electrons. The van der Waals surface area contributed by atoms with Gasteiger partial charge in [-0.1, -0.05) is 43.2 Å². The molecule has 2 aliphatic carbocycles. The van der Waals surface area contributed by atoms with E-state index in [1.807, 2.05) is 41.3 Å². The monoisotopic (exact) mass is 934 g/mol. The maximum atomic E-state index is 14.4. The van der Waals surface area contributed by atoms with Crippen molar-refractivity contribution < 1.29 is 27.6 Å². The first-order valence-corrected chi connectivity index (χ1v) is 24.8. The molecule has 0 bridgehead atoms. The predicted molar refractivity (Wildman–Crippen MR) is 257 cm³/mol. The van der Waals surface area contributed by atoms with Crippen LogP contribution < -0.4 is 24.6 Å². The molecule has 3 aromatic carbocycles. The third kappa shape index (κ3) is 8.95. The molecule has 3 fully saturated rings. The Hall–Kier alpha value is -5.68. The Morgan fingerprint density at radius 3 is 2.45 bits per heavy atom. The number of anilines is 4. The molecule has 5 aromatic rings. The number of hydrogen-bond donors (Lipinski definition) is 3. The summed E-state index contributed by atoms with van der Waals surface area (Å²) in [7, 11) is -4.57. The van der Waals surface area contributed by atoms with E-state index in [0.29, 0.717) is 48.6 Å². The molecule has 2 saturated heterocycles. The summed E-state index contributed by atoms with van der Waals surface area (Å²) < 4.78 is 41.9. The van der Waals surface area contributed by atoms with Gasteiger partial charge in [0.15, 0.2) is 0 Å². The van der Waals surface area contributed by atoms with Crippen LogP contribution in [-0.2, 0) is 14.8 Å². The topological polar surface area (TPSA) is 175 Å². The van der Waals surface area contributed by atoms with E-state index in [1.165, 1.54) is 28.8 Å². The molecule has 0 radical (unpaired) electrons. The lowest BCUT2D eigenvalue weighted by Crippen LogP contribution is -2.47. The number of fused-ring (bicyclic) bond motifs is 2. The number of hydrogen-bond acceptors (Lipinski definition) is 12. The maximum Gasteiger partial charge on any atom is 0.293 e. The number of aromatic amines is 1. The molecule has 1 saturated carbocycles. The molecular weight excluding hydrogens is 880 g/mol. The van der Waals surface area contributed by atoms with E-state index in [1.54, 1.807) is 12.3 Å². The second kappa shape index (κ2) is 17.5. The van der Waals surface area contributed by atoms with Gasteiger partial charge in [0.2, 0.25) is 5.88 Å². The summed E-state index contributed by atoms with van der Waals surface area (Å²) >= 11 is 6.27. The second-order valence-electron chi connectivity index (χ2n) is 19.2. The zero-order valence-corrected chi connectivity index (χ0v) is 38.8. The summed E-state index contributed by atoms with van der Waals surface area (Å²) in [6, 6.07) is 21.3. The van der Waals surface area contributed by atoms with Gasteiger partial charge in [-0.2, -0.15) is 4.98 Å². The van der Waals surface area contributed by atoms with Gasteiger partial charge in [0, 0.05) is 79.8 Å². The van der Waals surface area contributed by atoms with Crippen molar-refractivity contribution in [1.29, 1.82) is 0 Å². The number of carbonyl (C=O) groups excluding carboxylic acids is 1. The van der Waals surface area contributed by atoms with E-state index < -0.39 is 20.9 Å². The number of H-pyrrole nitrogens is 1. The van der Waals surface area contributed by atoms with Crippen molar-refractivity contribution >= 4 is 72.6 Å². The van der Waals surface area contributed by atoms with Crippen LogP contribution >= 0.6 is 11.6 Å². The van der Waals surface area contributed by atoms with Crippen LogP contribution in [0.1, 0.15) is 74.7 Å². The fraction of sp³-hybridized carbons (Fsp3) is 0.429. The van der Waals surface area contributed by atoms with Crippen LogP contribution in [0.4, 0.5) is 28.4 Å². The molecule has 17 heteroatoms. The minimum atomic E-state index is -4.57. The number of halogens is 1. The average molecular weight is 936 g/mol. The molecule has 3 aliphatic heterocycles. The molecular formula is C49H55ClN8O7S. The van der Waals surface area contributed by atoms with Crippen LogP contribution in [0.15, 0.2) is 89.5 Å². The molecule has 15 nitrogen and oxygen atoms in total. The van der Waals surface area contributed by atoms with Gasteiger partial charge in [0.1, 0.15) is 23.6 Å². The van der Waals surface area contributed by atoms with Gasteiger partial charge in [0.05, 0.1) is 27.6 Å². The summed E-state index contributed by atoms with van der Waals surface area (Å²) in [5.41, 5.74) is 6.74. The first kappa shape index (κ1) is 44.2. The number of rotatable bonds is 12. The van der Waals surface area contributed by atoms with Crippen molar-refractivity contribution in [3.63, 3.8) is 0 Å². The number of allylic oxidation sites excluding steroid dienone is 1. The highest BCUT2D eigenvalue weighted by molar-refractivity contribution is 7.90. The lowest BCUT2D eigenvalue weighted by molar-refractivity contribution is -0.384. The molecule has 0 atom stereocenters. The Bertz CT molecular complexity index is 2830. The first-order chi connectivity index (χ1) is 31.7. The fourth-order valence-corrected chi connectivity index (χ4v) is 11.5. The van der Waals surface area contributed by atoms with Crippen LogP contribution in [0.2, 0.25) is 5.02 Å². The van der Waals surface area contributed by atoms with Gasteiger partial charge in [-0.05, 0) is 122 Å². The van der Waals surface area contributed by atoms with E-state index in [2.05, 4.69) is 50.8 Å². The van der Waals surface area contributed by atoms with Crippen LogP contribution in [-0.4, -0.2) is 98.7 Å². The molecule has 1 amide bonds. The summed E-state index contributed by atoms with van der Waals surface area (Å²) in [4.78, 5) is 40.4. The molecule has 5 heterocycles. The number of amides is 1. The van der Waals surface area contributed by atoms with Crippen LogP contribution in [0, 0.1) is 21.4 Å². The summed E-state index contributed by atoms with van der Waals surface area (Å²) in [5.74, 6) is -0.181. The van der Waals surface area contributed by atoms with E-state index in [4.69, 9.17) is 26.1 Å². The van der Waals surface area contributed by atoms with Gasteiger partial charge < -0.3 is 29.6 Å². The quantitative estimate of drug-likeness (QED) is 0.0802. The van der Waals surface area contributed by atoms with E-state index >= 15 is 0 Å². The molecule has 10 rings (SSSR count). The van der Waals surface area contributed by atoms with Gasteiger partial charge >= 0.3 is 0 Å². The summed E-state index contributed by atoms with van der Waals surface area (Å²) in [6.45, 7) is 10.7. The number of nitro benzene ring substituents is 1.